The Balaban J connectivity index is 1.05. The van der Waals surface area contributed by atoms with Gasteiger partial charge in [0.15, 0.2) is 5.16 Å². The highest BCUT2D eigenvalue weighted by Crippen LogP contribution is 2.28. The van der Waals surface area contributed by atoms with Crippen LogP contribution >= 0.6 is 23.4 Å². The van der Waals surface area contributed by atoms with E-state index < -0.39 is 0 Å². The van der Waals surface area contributed by atoms with Crippen LogP contribution in [0, 0.1) is 5.92 Å². The van der Waals surface area contributed by atoms with E-state index in [1.165, 1.54) is 30.2 Å². The Morgan fingerprint density at radius 1 is 0.947 bits per heavy atom. The van der Waals surface area contributed by atoms with Gasteiger partial charge in [-0.25, -0.2) is 9.97 Å². The quantitative estimate of drug-likeness (QED) is 0.300. The Labute approximate surface area is 234 Å². The van der Waals surface area contributed by atoms with E-state index in [1.54, 1.807) is 6.07 Å². The minimum Gasteiger partial charge on any atom is -0.353 e. The molecule has 2 amide bonds. The van der Waals surface area contributed by atoms with Crippen molar-refractivity contribution in [2.45, 2.75) is 56.3 Å². The first-order valence-corrected chi connectivity index (χ1v) is 15.2. The van der Waals surface area contributed by atoms with Gasteiger partial charge in [0.25, 0.3) is 0 Å². The molecule has 0 unspecified atom stereocenters. The van der Waals surface area contributed by atoms with Gasteiger partial charge in [0, 0.05) is 63.8 Å². The second-order valence-electron chi connectivity index (χ2n) is 10.5. The van der Waals surface area contributed by atoms with E-state index in [2.05, 4.69) is 49.4 Å². The summed E-state index contributed by atoms with van der Waals surface area (Å²) in [4.78, 5) is 41.0. The van der Waals surface area contributed by atoms with Gasteiger partial charge < -0.3 is 15.1 Å². The van der Waals surface area contributed by atoms with Crippen LogP contribution in [0.4, 0.5) is 5.82 Å². The molecule has 0 atom stereocenters. The molecule has 38 heavy (non-hydrogen) atoms. The molecular formula is C28H37ClN6O2S. The number of hydrogen-bond donors (Lipinski definition) is 1. The van der Waals surface area contributed by atoms with E-state index in [0.29, 0.717) is 29.3 Å². The predicted molar refractivity (Wildman–Crippen MR) is 151 cm³/mol. The number of thioether (sulfide) groups is 1. The zero-order valence-corrected chi connectivity index (χ0v) is 23.4. The first-order valence-electron chi connectivity index (χ1n) is 13.8. The van der Waals surface area contributed by atoms with Crippen molar-refractivity contribution >= 4 is 41.0 Å². The molecule has 0 spiro atoms. The maximum Gasteiger partial charge on any atom is 0.230 e. The Bertz CT molecular complexity index is 1080. The van der Waals surface area contributed by atoms with Crippen LogP contribution < -0.4 is 10.2 Å². The number of hydrogen-bond acceptors (Lipinski definition) is 7. The van der Waals surface area contributed by atoms with E-state index in [4.69, 9.17) is 11.6 Å². The van der Waals surface area contributed by atoms with E-state index >= 15 is 0 Å². The molecule has 0 bridgehead atoms. The van der Waals surface area contributed by atoms with E-state index in [0.717, 1.165) is 64.2 Å². The van der Waals surface area contributed by atoms with E-state index in [1.807, 2.05) is 11.0 Å². The molecule has 0 radical (unpaired) electrons. The summed E-state index contributed by atoms with van der Waals surface area (Å²) in [6.45, 7) is 5.76. The maximum atomic E-state index is 12.8. The molecule has 2 aromatic rings. The highest BCUT2D eigenvalue weighted by Gasteiger charge is 2.30. The van der Waals surface area contributed by atoms with Gasteiger partial charge in [-0.15, -0.1) is 0 Å². The molecule has 1 aromatic heterocycles. The lowest BCUT2D eigenvalue weighted by Crippen LogP contribution is -2.50. The smallest absolute Gasteiger partial charge is 0.230 e. The van der Waals surface area contributed by atoms with Gasteiger partial charge in [-0.3, -0.25) is 14.5 Å². The van der Waals surface area contributed by atoms with Crippen molar-refractivity contribution in [3.63, 3.8) is 0 Å². The molecule has 1 N–H and O–H groups in total. The van der Waals surface area contributed by atoms with Crippen molar-refractivity contribution in [3.8, 4) is 0 Å². The Hall–Kier alpha value is -2.36. The SMILES string of the molecule is O=C(CSc1nc(Cl)cc(N2CCN(C(=O)C3CCCC3)CC2)n1)NC1CCN(Cc2ccccc2)CC1. The zero-order chi connectivity index (χ0) is 26.3. The summed E-state index contributed by atoms with van der Waals surface area (Å²) >= 11 is 7.63. The summed E-state index contributed by atoms with van der Waals surface area (Å²) in [6, 6.07) is 12.5. The Morgan fingerprint density at radius 2 is 1.66 bits per heavy atom. The lowest BCUT2D eigenvalue weighted by atomic mass is 10.0. The van der Waals surface area contributed by atoms with Crippen molar-refractivity contribution in [2.24, 2.45) is 5.92 Å². The Kier molecular flexibility index (Phi) is 9.40. The first-order chi connectivity index (χ1) is 18.5. The van der Waals surface area contributed by atoms with Gasteiger partial charge in [0.1, 0.15) is 11.0 Å². The number of nitrogens with zero attached hydrogens (tertiary/aromatic N) is 5. The van der Waals surface area contributed by atoms with Crippen LogP contribution in [-0.2, 0) is 16.1 Å². The van der Waals surface area contributed by atoms with Crippen LogP contribution in [0.5, 0.6) is 0 Å². The fourth-order valence-electron chi connectivity index (χ4n) is 5.68. The van der Waals surface area contributed by atoms with Crippen molar-refractivity contribution in [1.29, 1.82) is 0 Å². The molecular weight excluding hydrogens is 520 g/mol. The standard InChI is InChI=1S/C28H37ClN6O2S/c29-24-18-25(34-14-16-35(17-15-34)27(37)22-8-4-5-9-22)32-28(31-24)38-20-26(36)30-23-10-12-33(13-11-23)19-21-6-2-1-3-7-21/h1-3,6-7,18,22-23H,4-5,8-17,19-20H2,(H,30,36). The van der Waals surface area contributed by atoms with Gasteiger partial charge >= 0.3 is 0 Å². The number of carbonyl (C=O) groups excluding carboxylic acids is 2. The molecule has 1 aliphatic carbocycles. The van der Waals surface area contributed by atoms with Crippen molar-refractivity contribution in [3.05, 3.63) is 47.1 Å². The summed E-state index contributed by atoms with van der Waals surface area (Å²) in [7, 11) is 0. The van der Waals surface area contributed by atoms with Crippen LogP contribution in [0.15, 0.2) is 41.6 Å². The summed E-state index contributed by atoms with van der Waals surface area (Å²) in [5, 5.41) is 4.05. The number of amides is 2. The summed E-state index contributed by atoms with van der Waals surface area (Å²) in [5.74, 6) is 1.54. The third-order valence-corrected chi connectivity index (χ3v) is 8.86. The van der Waals surface area contributed by atoms with Crippen LogP contribution in [0.2, 0.25) is 5.15 Å². The van der Waals surface area contributed by atoms with Crippen molar-refractivity contribution in [2.75, 3.05) is 49.9 Å². The molecule has 1 saturated carbocycles. The average molecular weight is 557 g/mol. The third-order valence-electron chi connectivity index (χ3n) is 7.81. The molecule has 204 valence electrons. The predicted octanol–water partition coefficient (Wildman–Crippen LogP) is 3.84. The molecule has 3 heterocycles. The first kappa shape index (κ1) is 27.2. The number of carbonyl (C=O) groups is 2. The van der Waals surface area contributed by atoms with Gasteiger partial charge in [0.2, 0.25) is 11.8 Å². The zero-order valence-electron chi connectivity index (χ0n) is 21.9. The molecule has 1 aromatic carbocycles. The number of benzene rings is 1. The molecule has 3 fully saturated rings. The number of piperazine rings is 1. The maximum absolute atomic E-state index is 12.8. The van der Waals surface area contributed by atoms with Crippen LogP contribution in [0.1, 0.15) is 44.1 Å². The van der Waals surface area contributed by atoms with Crippen molar-refractivity contribution < 1.29 is 9.59 Å². The lowest BCUT2D eigenvalue weighted by Gasteiger charge is -2.36. The topological polar surface area (TPSA) is 81.7 Å². The van der Waals surface area contributed by atoms with E-state index in [9.17, 15) is 9.59 Å². The average Bonchev–Trinajstić information content (AvgIpc) is 3.48. The molecule has 5 rings (SSSR count). The summed E-state index contributed by atoms with van der Waals surface area (Å²) in [6.07, 6.45) is 6.31. The minimum absolute atomic E-state index is 0.000624. The third kappa shape index (κ3) is 7.39. The van der Waals surface area contributed by atoms with E-state index in [-0.39, 0.29) is 23.6 Å². The molecule has 2 saturated heterocycles. The fraction of sp³-hybridized carbons (Fsp3) is 0.571. The summed E-state index contributed by atoms with van der Waals surface area (Å²) in [5.41, 5.74) is 1.33. The van der Waals surface area contributed by atoms with Crippen LogP contribution in [0.3, 0.4) is 0 Å². The number of piperidine rings is 1. The number of aromatic nitrogens is 2. The Morgan fingerprint density at radius 3 is 2.37 bits per heavy atom. The number of halogens is 1. The molecule has 3 aliphatic rings. The number of anilines is 1. The highest BCUT2D eigenvalue weighted by atomic mass is 35.5. The van der Waals surface area contributed by atoms with Gasteiger partial charge in [-0.05, 0) is 31.2 Å². The van der Waals surface area contributed by atoms with Crippen LogP contribution in [-0.4, -0.2) is 82.6 Å². The monoisotopic (exact) mass is 556 g/mol. The van der Waals surface area contributed by atoms with Gasteiger partial charge in [-0.2, -0.15) is 0 Å². The summed E-state index contributed by atoms with van der Waals surface area (Å²) < 4.78 is 0. The van der Waals surface area contributed by atoms with Gasteiger partial charge in [0.05, 0.1) is 5.75 Å². The number of nitrogens with one attached hydrogen (secondary N) is 1. The second-order valence-corrected chi connectivity index (χ2v) is 11.8. The normalized spacial score (nSPS) is 19.6. The highest BCUT2D eigenvalue weighted by molar-refractivity contribution is 7.99. The van der Waals surface area contributed by atoms with Crippen molar-refractivity contribution in [1.82, 2.24) is 25.1 Å². The molecule has 2 aliphatic heterocycles. The largest absolute Gasteiger partial charge is 0.353 e. The molecule has 10 heteroatoms. The minimum atomic E-state index is 0.000624. The van der Waals surface area contributed by atoms with Gasteiger partial charge in [-0.1, -0.05) is 66.5 Å². The second kappa shape index (κ2) is 13.1. The lowest BCUT2D eigenvalue weighted by molar-refractivity contribution is -0.135. The molecule has 8 nitrogen and oxygen atoms in total. The number of rotatable bonds is 8. The fourth-order valence-corrected chi connectivity index (χ4v) is 6.57. The van der Waals surface area contributed by atoms with Crippen LogP contribution in [0.25, 0.3) is 0 Å². The number of likely N-dealkylation sites (tertiary alicyclic amines) is 1.